The second kappa shape index (κ2) is 6.51. The van der Waals surface area contributed by atoms with E-state index < -0.39 is 11.9 Å². The van der Waals surface area contributed by atoms with E-state index in [4.69, 9.17) is 10.2 Å². The number of rotatable bonds is 6. The molecule has 1 aliphatic carbocycles. The molecule has 92 valence electrons. The van der Waals surface area contributed by atoms with Crippen LogP contribution in [0.2, 0.25) is 0 Å². The van der Waals surface area contributed by atoms with E-state index in [9.17, 15) is 9.59 Å². The fourth-order valence-electron chi connectivity index (χ4n) is 2.63. The van der Waals surface area contributed by atoms with Crippen molar-refractivity contribution in [2.24, 2.45) is 11.8 Å². The molecule has 0 saturated heterocycles. The van der Waals surface area contributed by atoms with Crippen molar-refractivity contribution >= 4 is 11.9 Å². The van der Waals surface area contributed by atoms with Gasteiger partial charge in [-0.3, -0.25) is 9.59 Å². The molecule has 0 spiro atoms. The van der Waals surface area contributed by atoms with E-state index in [1.807, 2.05) is 0 Å². The van der Waals surface area contributed by atoms with E-state index in [-0.39, 0.29) is 18.8 Å². The predicted molar refractivity (Wildman–Crippen MR) is 59.2 cm³/mol. The molecule has 2 N–H and O–H groups in total. The average Bonchev–Trinajstić information content (AvgIpc) is 2.16. The summed E-state index contributed by atoms with van der Waals surface area (Å²) in [6, 6.07) is 0. The third-order valence-corrected chi connectivity index (χ3v) is 3.32. The van der Waals surface area contributed by atoms with Gasteiger partial charge < -0.3 is 10.2 Å². The molecule has 0 bridgehead atoms. The van der Waals surface area contributed by atoms with Crippen LogP contribution in [0.5, 0.6) is 0 Å². The molecule has 0 aliphatic heterocycles. The Kier molecular flexibility index (Phi) is 5.29. The van der Waals surface area contributed by atoms with Crippen LogP contribution in [-0.2, 0) is 9.59 Å². The first-order chi connectivity index (χ1) is 7.58. The molecule has 0 aromatic carbocycles. The lowest BCUT2D eigenvalue weighted by Crippen LogP contribution is -2.18. The molecule has 4 nitrogen and oxygen atoms in total. The molecule has 4 heteroatoms. The van der Waals surface area contributed by atoms with Crippen molar-refractivity contribution in [1.29, 1.82) is 0 Å². The Morgan fingerprint density at radius 2 is 1.50 bits per heavy atom. The lowest BCUT2D eigenvalue weighted by molar-refractivity contribution is -0.140. The summed E-state index contributed by atoms with van der Waals surface area (Å²) in [7, 11) is 0. The fourth-order valence-corrected chi connectivity index (χ4v) is 2.63. The lowest BCUT2D eigenvalue weighted by Gasteiger charge is -2.25. The zero-order chi connectivity index (χ0) is 12.0. The van der Waals surface area contributed by atoms with Crippen molar-refractivity contribution in [1.82, 2.24) is 0 Å². The summed E-state index contributed by atoms with van der Waals surface area (Å²) in [6.07, 6.45) is 6.68. The molecular weight excluding hydrogens is 208 g/mol. The summed E-state index contributed by atoms with van der Waals surface area (Å²) in [5.74, 6) is -1.43. The molecule has 0 heterocycles. The van der Waals surface area contributed by atoms with Crippen LogP contribution >= 0.6 is 0 Å². The number of hydrogen-bond acceptors (Lipinski definition) is 2. The van der Waals surface area contributed by atoms with Gasteiger partial charge in [0.25, 0.3) is 0 Å². The van der Waals surface area contributed by atoms with Crippen molar-refractivity contribution in [3.8, 4) is 0 Å². The van der Waals surface area contributed by atoms with E-state index >= 15 is 0 Å². The van der Waals surface area contributed by atoms with Crippen molar-refractivity contribution < 1.29 is 19.8 Å². The van der Waals surface area contributed by atoms with Crippen molar-refractivity contribution in [2.45, 2.75) is 51.4 Å². The molecular formula is C12H20O4. The van der Waals surface area contributed by atoms with Gasteiger partial charge in [-0.2, -0.15) is 0 Å². The molecule has 1 fully saturated rings. The van der Waals surface area contributed by atoms with Crippen LogP contribution in [0.1, 0.15) is 51.4 Å². The minimum absolute atomic E-state index is 0.0111. The number of carboxylic acids is 2. The highest BCUT2D eigenvalue weighted by Gasteiger charge is 2.22. The third-order valence-electron chi connectivity index (χ3n) is 3.32. The number of hydrogen-bond donors (Lipinski definition) is 2. The first-order valence-corrected chi connectivity index (χ1v) is 6.01. The van der Waals surface area contributed by atoms with Gasteiger partial charge in [0.05, 0.1) is 0 Å². The van der Waals surface area contributed by atoms with E-state index in [0.29, 0.717) is 5.92 Å². The smallest absolute Gasteiger partial charge is 0.303 e. The number of carboxylic acid groups (broad SMARTS) is 2. The highest BCUT2D eigenvalue weighted by molar-refractivity contribution is 5.70. The Hall–Kier alpha value is -1.06. The summed E-state index contributed by atoms with van der Waals surface area (Å²) in [5, 5.41) is 17.5. The summed E-state index contributed by atoms with van der Waals surface area (Å²) in [6.45, 7) is 0. The maximum atomic E-state index is 10.6. The highest BCUT2D eigenvalue weighted by atomic mass is 16.4. The molecule has 16 heavy (non-hydrogen) atoms. The molecule has 0 aromatic rings. The van der Waals surface area contributed by atoms with Crippen molar-refractivity contribution in [3.05, 3.63) is 0 Å². The molecule has 1 saturated carbocycles. The van der Waals surface area contributed by atoms with E-state index in [0.717, 1.165) is 19.3 Å². The van der Waals surface area contributed by atoms with Crippen molar-refractivity contribution in [2.75, 3.05) is 0 Å². The SMILES string of the molecule is O=C(O)CC(CC(=O)O)CC1CCCCC1. The fraction of sp³-hybridized carbons (Fsp3) is 0.833. The molecule has 0 radical (unpaired) electrons. The Bertz CT molecular complexity index is 227. The molecule has 0 atom stereocenters. The number of aliphatic carboxylic acids is 2. The summed E-state index contributed by atoms with van der Waals surface area (Å²) < 4.78 is 0. The van der Waals surface area contributed by atoms with E-state index in [1.165, 1.54) is 19.3 Å². The van der Waals surface area contributed by atoms with Gasteiger partial charge in [-0.05, 0) is 18.3 Å². The zero-order valence-corrected chi connectivity index (χ0v) is 9.52. The molecule has 1 rings (SSSR count). The topological polar surface area (TPSA) is 74.6 Å². The van der Waals surface area contributed by atoms with Gasteiger partial charge in [-0.1, -0.05) is 32.1 Å². The minimum Gasteiger partial charge on any atom is -0.481 e. The van der Waals surface area contributed by atoms with Gasteiger partial charge in [0.2, 0.25) is 0 Å². The van der Waals surface area contributed by atoms with Gasteiger partial charge in [0.1, 0.15) is 0 Å². The van der Waals surface area contributed by atoms with Gasteiger partial charge in [-0.25, -0.2) is 0 Å². The van der Waals surface area contributed by atoms with Gasteiger partial charge in [0.15, 0.2) is 0 Å². The Morgan fingerprint density at radius 1 is 1.00 bits per heavy atom. The van der Waals surface area contributed by atoms with Crippen molar-refractivity contribution in [3.63, 3.8) is 0 Å². The Balaban J connectivity index is 2.40. The van der Waals surface area contributed by atoms with E-state index in [1.54, 1.807) is 0 Å². The maximum Gasteiger partial charge on any atom is 0.303 e. The molecule has 0 unspecified atom stereocenters. The Labute approximate surface area is 95.7 Å². The van der Waals surface area contributed by atoms with Crippen LogP contribution in [0, 0.1) is 11.8 Å². The largest absolute Gasteiger partial charge is 0.481 e. The third kappa shape index (κ3) is 5.14. The summed E-state index contributed by atoms with van der Waals surface area (Å²) >= 11 is 0. The second-order valence-electron chi connectivity index (χ2n) is 4.80. The van der Waals surface area contributed by atoms with Gasteiger partial charge in [-0.15, -0.1) is 0 Å². The summed E-state index contributed by atoms with van der Waals surface area (Å²) in [4.78, 5) is 21.3. The molecule has 0 aromatic heterocycles. The van der Waals surface area contributed by atoms with Gasteiger partial charge >= 0.3 is 11.9 Å². The molecule has 1 aliphatic rings. The Morgan fingerprint density at radius 3 is 1.94 bits per heavy atom. The highest BCUT2D eigenvalue weighted by Crippen LogP contribution is 2.31. The normalized spacial score (nSPS) is 17.6. The number of carbonyl (C=O) groups is 2. The first kappa shape index (κ1) is 13.0. The average molecular weight is 228 g/mol. The zero-order valence-electron chi connectivity index (χ0n) is 9.52. The van der Waals surface area contributed by atoms with Crippen LogP contribution in [0.4, 0.5) is 0 Å². The van der Waals surface area contributed by atoms with Gasteiger partial charge in [0, 0.05) is 12.8 Å². The van der Waals surface area contributed by atoms with Crippen LogP contribution in [-0.4, -0.2) is 22.2 Å². The standard InChI is InChI=1S/C12H20O4/c13-11(14)7-10(8-12(15)16)6-9-4-2-1-3-5-9/h9-10H,1-8H2,(H,13,14)(H,15,16). The molecule has 0 amide bonds. The second-order valence-corrected chi connectivity index (χ2v) is 4.80. The van der Waals surface area contributed by atoms with E-state index in [2.05, 4.69) is 0 Å². The van der Waals surface area contributed by atoms with Crippen LogP contribution in [0.15, 0.2) is 0 Å². The van der Waals surface area contributed by atoms with Crippen LogP contribution in [0.3, 0.4) is 0 Å². The van der Waals surface area contributed by atoms with Crippen LogP contribution in [0.25, 0.3) is 0 Å². The quantitative estimate of drug-likeness (QED) is 0.732. The first-order valence-electron chi connectivity index (χ1n) is 6.01. The maximum absolute atomic E-state index is 10.6. The minimum atomic E-state index is -0.887. The lowest BCUT2D eigenvalue weighted by atomic mass is 9.81. The van der Waals surface area contributed by atoms with Crippen LogP contribution < -0.4 is 0 Å². The monoisotopic (exact) mass is 228 g/mol. The predicted octanol–water partition coefficient (Wildman–Crippen LogP) is 2.52. The summed E-state index contributed by atoms with van der Waals surface area (Å²) in [5.41, 5.74) is 0.